The summed E-state index contributed by atoms with van der Waals surface area (Å²) in [6.07, 6.45) is 5.08. The molecule has 2 aromatic heterocycles. The van der Waals surface area contributed by atoms with Crippen LogP contribution in [0.25, 0.3) is 22.0 Å². The Kier molecular flexibility index (Phi) is 5.83. The standard InChI is InChI=1S/C23H29N5O2/c1-15(2)8-18-14-28(6-7-30-18)12-16-4-5-19-20(17-11-25-27(3)13-17)10-22(23(24)29)26-21(19)9-16/h4-5,9-11,13,15,18H,6-8,12,14H2,1-3H3,(H2,24,29). The quantitative estimate of drug-likeness (QED) is 0.679. The number of benzene rings is 1. The fraction of sp³-hybridized carbons (Fsp3) is 0.435. The van der Waals surface area contributed by atoms with Crippen LogP contribution in [0.2, 0.25) is 0 Å². The minimum absolute atomic E-state index is 0.266. The van der Waals surface area contributed by atoms with E-state index in [4.69, 9.17) is 10.5 Å². The molecule has 2 N–H and O–H groups in total. The van der Waals surface area contributed by atoms with Crippen LogP contribution < -0.4 is 5.73 Å². The van der Waals surface area contributed by atoms with Crippen LogP contribution in [0.1, 0.15) is 36.3 Å². The highest BCUT2D eigenvalue weighted by molar-refractivity contribution is 6.00. The zero-order chi connectivity index (χ0) is 21.3. The molecule has 158 valence electrons. The second-order valence-electron chi connectivity index (χ2n) is 8.53. The monoisotopic (exact) mass is 407 g/mol. The van der Waals surface area contributed by atoms with Gasteiger partial charge in [-0.1, -0.05) is 26.0 Å². The van der Waals surface area contributed by atoms with Crippen molar-refractivity contribution in [3.8, 4) is 11.1 Å². The molecule has 1 aliphatic rings. The van der Waals surface area contributed by atoms with E-state index in [2.05, 4.69) is 47.0 Å². The second kappa shape index (κ2) is 8.53. The fourth-order valence-electron chi connectivity index (χ4n) is 4.15. The first-order chi connectivity index (χ1) is 14.4. The molecule has 1 atom stereocenters. The summed E-state index contributed by atoms with van der Waals surface area (Å²) >= 11 is 0. The molecule has 30 heavy (non-hydrogen) atoms. The van der Waals surface area contributed by atoms with Gasteiger partial charge < -0.3 is 10.5 Å². The van der Waals surface area contributed by atoms with E-state index in [1.807, 2.05) is 13.2 Å². The van der Waals surface area contributed by atoms with Gasteiger partial charge in [0.2, 0.25) is 0 Å². The van der Waals surface area contributed by atoms with Crippen LogP contribution in [0.4, 0.5) is 0 Å². The maximum absolute atomic E-state index is 11.9. The van der Waals surface area contributed by atoms with Gasteiger partial charge in [-0.2, -0.15) is 5.10 Å². The number of fused-ring (bicyclic) bond motifs is 1. The molecule has 0 bridgehead atoms. The minimum atomic E-state index is -0.530. The Bertz CT molecular complexity index is 1060. The summed E-state index contributed by atoms with van der Waals surface area (Å²) in [7, 11) is 1.87. The van der Waals surface area contributed by atoms with E-state index >= 15 is 0 Å². The number of hydrogen-bond donors (Lipinski definition) is 1. The third-order valence-electron chi connectivity index (χ3n) is 5.51. The number of amides is 1. The Morgan fingerprint density at radius 2 is 2.17 bits per heavy atom. The van der Waals surface area contributed by atoms with Gasteiger partial charge in [0.05, 0.1) is 24.4 Å². The summed E-state index contributed by atoms with van der Waals surface area (Å²) in [5.41, 5.74) is 9.61. The summed E-state index contributed by atoms with van der Waals surface area (Å²) in [5.74, 6) is 0.0927. The van der Waals surface area contributed by atoms with E-state index in [0.717, 1.165) is 54.7 Å². The van der Waals surface area contributed by atoms with Gasteiger partial charge in [-0.3, -0.25) is 14.4 Å². The fourth-order valence-corrected chi connectivity index (χ4v) is 4.15. The molecule has 7 nitrogen and oxygen atoms in total. The summed E-state index contributed by atoms with van der Waals surface area (Å²) in [5, 5.41) is 5.24. The Balaban J connectivity index is 1.64. The topological polar surface area (TPSA) is 86.3 Å². The Morgan fingerprint density at radius 1 is 1.33 bits per heavy atom. The first-order valence-corrected chi connectivity index (χ1v) is 10.5. The van der Waals surface area contributed by atoms with Crippen molar-refractivity contribution in [3.05, 3.63) is 47.9 Å². The van der Waals surface area contributed by atoms with Gasteiger partial charge in [0, 0.05) is 43.8 Å². The first kappa shape index (κ1) is 20.5. The van der Waals surface area contributed by atoms with Crippen molar-refractivity contribution in [3.63, 3.8) is 0 Å². The Labute approximate surface area is 176 Å². The van der Waals surface area contributed by atoms with Gasteiger partial charge in [-0.05, 0) is 35.6 Å². The van der Waals surface area contributed by atoms with Gasteiger partial charge in [0.25, 0.3) is 5.91 Å². The lowest BCUT2D eigenvalue weighted by molar-refractivity contribution is -0.0399. The maximum atomic E-state index is 11.9. The normalized spacial score (nSPS) is 17.7. The van der Waals surface area contributed by atoms with Crippen molar-refractivity contribution in [2.45, 2.75) is 32.9 Å². The molecule has 1 amide bonds. The molecule has 4 rings (SSSR count). The SMILES string of the molecule is CC(C)CC1CN(Cc2ccc3c(-c4cnn(C)c4)cc(C(N)=O)nc3c2)CCO1. The van der Waals surface area contributed by atoms with Gasteiger partial charge >= 0.3 is 0 Å². The van der Waals surface area contributed by atoms with Crippen LogP contribution in [-0.2, 0) is 18.3 Å². The average Bonchev–Trinajstić information content (AvgIpc) is 3.12. The Hall–Kier alpha value is -2.77. The minimum Gasteiger partial charge on any atom is -0.376 e. The number of carbonyl (C=O) groups excluding carboxylic acids is 1. The number of nitrogens with two attached hydrogens (primary N) is 1. The molecular weight excluding hydrogens is 378 g/mol. The maximum Gasteiger partial charge on any atom is 0.267 e. The molecule has 7 heteroatoms. The summed E-state index contributed by atoms with van der Waals surface area (Å²) in [6.45, 7) is 7.91. The third-order valence-corrected chi connectivity index (χ3v) is 5.51. The zero-order valence-corrected chi connectivity index (χ0v) is 17.8. The lowest BCUT2D eigenvalue weighted by atomic mass is 10.0. The number of ether oxygens (including phenoxy) is 1. The van der Waals surface area contributed by atoms with Crippen molar-refractivity contribution in [2.75, 3.05) is 19.7 Å². The van der Waals surface area contributed by atoms with Crippen LogP contribution in [-0.4, -0.2) is 51.4 Å². The first-order valence-electron chi connectivity index (χ1n) is 10.5. The number of morpholine rings is 1. The van der Waals surface area contributed by atoms with E-state index < -0.39 is 5.91 Å². The van der Waals surface area contributed by atoms with Crippen LogP contribution in [0.15, 0.2) is 36.7 Å². The third kappa shape index (κ3) is 4.52. The zero-order valence-electron chi connectivity index (χ0n) is 17.8. The number of pyridine rings is 1. The molecule has 0 aliphatic carbocycles. The van der Waals surface area contributed by atoms with Crippen LogP contribution in [0.3, 0.4) is 0 Å². The molecule has 0 radical (unpaired) electrons. The Morgan fingerprint density at radius 3 is 2.87 bits per heavy atom. The molecule has 0 spiro atoms. The lowest BCUT2D eigenvalue weighted by Gasteiger charge is -2.33. The summed E-state index contributed by atoms with van der Waals surface area (Å²) in [6, 6.07) is 8.03. The van der Waals surface area contributed by atoms with Crippen molar-refractivity contribution in [1.29, 1.82) is 0 Å². The number of nitrogens with zero attached hydrogens (tertiary/aromatic N) is 4. The molecule has 0 saturated carbocycles. The largest absolute Gasteiger partial charge is 0.376 e. The van der Waals surface area contributed by atoms with Crippen LogP contribution in [0, 0.1) is 5.92 Å². The van der Waals surface area contributed by atoms with E-state index in [-0.39, 0.29) is 11.8 Å². The van der Waals surface area contributed by atoms with Gasteiger partial charge in [0.1, 0.15) is 5.69 Å². The summed E-state index contributed by atoms with van der Waals surface area (Å²) < 4.78 is 7.66. The smallest absolute Gasteiger partial charge is 0.267 e. The number of aryl methyl sites for hydroxylation is 1. The molecule has 1 fully saturated rings. The molecule has 3 aromatic rings. The number of carbonyl (C=O) groups is 1. The molecule has 1 aliphatic heterocycles. The van der Waals surface area contributed by atoms with Crippen LogP contribution >= 0.6 is 0 Å². The van der Waals surface area contributed by atoms with Gasteiger partial charge in [-0.15, -0.1) is 0 Å². The molecule has 3 heterocycles. The summed E-state index contributed by atoms with van der Waals surface area (Å²) in [4.78, 5) is 18.8. The highest BCUT2D eigenvalue weighted by Gasteiger charge is 2.21. The van der Waals surface area contributed by atoms with Gasteiger partial charge in [-0.25, -0.2) is 4.98 Å². The highest BCUT2D eigenvalue weighted by atomic mass is 16.5. The second-order valence-corrected chi connectivity index (χ2v) is 8.53. The van der Waals surface area contributed by atoms with E-state index in [1.54, 1.807) is 16.9 Å². The van der Waals surface area contributed by atoms with E-state index in [1.165, 1.54) is 5.56 Å². The number of primary amides is 1. The number of rotatable bonds is 6. The predicted octanol–water partition coefficient (Wildman–Crippen LogP) is 2.98. The molecular formula is C23H29N5O2. The van der Waals surface area contributed by atoms with Crippen LogP contribution in [0.5, 0.6) is 0 Å². The predicted molar refractivity (Wildman–Crippen MR) is 117 cm³/mol. The van der Waals surface area contributed by atoms with Gasteiger partial charge in [0.15, 0.2) is 0 Å². The molecule has 1 unspecified atom stereocenters. The van der Waals surface area contributed by atoms with Crippen molar-refractivity contribution < 1.29 is 9.53 Å². The lowest BCUT2D eigenvalue weighted by Crippen LogP contribution is -2.42. The molecule has 1 saturated heterocycles. The molecule has 1 aromatic carbocycles. The van der Waals surface area contributed by atoms with E-state index in [0.29, 0.717) is 5.92 Å². The van der Waals surface area contributed by atoms with Crippen molar-refractivity contribution in [2.24, 2.45) is 18.7 Å². The highest BCUT2D eigenvalue weighted by Crippen LogP contribution is 2.29. The average molecular weight is 408 g/mol. The van der Waals surface area contributed by atoms with Crippen molar-refractivity contribution >= 4 is 16.8 Å². The van der Waals surface area contributed by atoms with Crippen molar-refractivity contribution in [1.82, 2.24) is 19.7 Å². The number of hydrogen-bond acceptors (Lipinski definition) is 5. The van der Waals surface area contributed by atoms with E-state index in [9.17, 15) is 4.79 Å². The number of aromatic nitrogens is 3.